The molecule has 1 saturated carbocycles. The first kappa shape index (κ1) is 13.1. The molecule has 1 aromatic heterocycles. The van der Waals surface area contributed by atoms with Gasteiger partial charge in [-0.3, -0.25) is 0 Å². The monoisotopic (exact) mass is 251 g/mol. The van der Waals surface area contributed by atoms with Gasteiger partial charge in [0, 0.05) is 10.9 Å². The molecule has 0 amide bonds. The van der Waals surface area contributed by atoms with Gasteiger partial charge in [0.25, 0.3) is 0 Å². The van der Waals surface area contributed by atoms with Crippen molar-refractivity contribution in [3.8, 4) is 0 Å². The summed E-state index contributed by atoms with van der Waals surface area (Å²) in [6.45, 7) is 2.35. The highest BCUT2D eigenvalue weighted by atomic mass is 32.1. The van der Waals surface area contributed by atoms with E-state index in [0.29, 0.717) is 0 Å². The van der Waals surface area contributed by atoms with Crippen molar-refractivity contribution < 1.29 is 0 Å². The van der Waals surface area contributed by atoms with Gasteiger partial charge in [-0.1, -0.05) is 19.4 Å². The third kappa shape index (κ3) is 3.56. The first-order valence-electron chi connectivity index (χ1n) is 7.03. The second-order valence-electron chi connectivity index (χ2n) is 5.36. The van der Waals surface area contributed by atoms with Crippen molar-refractivity contribution in [2.45, 2.75) is 51.5 Å². The van der Waals surface area contributed by atoms with E-state index in [-0.39, 0.29) is 0 Å². The summed E-state index contributed by atoms with van der Waals surface area (Å²) < 4.78 is 0. The van der Waals surface area contributed by atoms with E-state index in [9.17, 15) is 0 Å². The van der Waals surface area contributed by atoms with Gasteiger partial charge < -0.3 is 5.32 Å². The van der Waals surface area contributed by atoms with Crippen molar-refractivity contribution in [2.75, 3.05) is 7.05 Å². The van der Waals surface area contributed by atoms with E-state index in [2.05, 4.69) is 36.8 Å². The molecule has 2 heteroatoms. The minimum absolute atomic E-state index is 0.762. The van der Waals surface area contributed by atoms with E-state index in [1.165, 1.54) is 38.5 Å². The molecule has 96 valence electrons. The smallest absolute Gasteiger partial charge is 0.00926 e. The lowest BCUT2D eigenvalue weighted by Crippen LogP contribution is -2.38. The Morgan fingerprint density at radius 3 is 2.94 bits per heavy atom. The fraction of sp³-hybridized carbons (Fsp3) is 0.733. The molecule has 1 aliphatic rings. The van der Waals surface area contributed by atoms with Gasteiger partial charge in [0.2, 0.25) is 0 Å². The normalized spacial score (nSPS) is 29.4. The van der Waals surface area contributed by atoms with E-state index < -0.39 is 0 Å². The van der Waals surface area contributed by atoms with Crippen LogP contribution in [0.2, 0.25) is 0 Å². The van der Waals surface area contributed by atoms with Crippen molar-refractivity contribution >= 4 is 11.3 Å². The second-order valence-corrected chi connectivity index (χ2v) is 6.39. The van der Waals surface area contributed by atoms with Crippen LogP contribution in [0, 0.1) is 11.8 Å². The van der Waals surface area contributed by atoms with Crippen LogP contribution < -0.4 is 5.32 Å². The molecular formula is C15H25NS. The largest absolute Gasteiger partial charge is 0.317 e. The standard InChI is InChI=1S/C15H25NS/c1-3-12-6-9-15(16-2)13(11-12)7-8-14-5-4-10-17-14/h4-5,10,12-13,15-16H,3,6-9,11H2,1-2H3. The molecule has 0 spiro atoms. The van der Waals surface area contributed by atoms with Crippen LogP contribution in [0.3, 0.4) is 0 Å². The van der Waals surface area contributed by atoms with Crippen LogP contribution in [0.4, 0.5) is 0 Å². The van der Waals surface area contributed by atoms with Crippen molar-refractivity contribution in [1.82, 2.24) is 5.32 Å². The molecule has 0 aromatic carbocycles. The van der Waals surface area contributed by atoms with E-state index in [0.717, 1.165) is 17.9 Å². The Kier molecular flexibility index (Phi) is 5.05. The fourth-order valence-electron chi connectivity index (χ4n) is 3.21. The second kappa shape index (κ2) is 6.55. The molecule has 17 heavy (non-hydrogen) atoms. The van der Waals surface area contributed by atoms with Crippen molar-refractivity contribution in [3.05, 3.63) is 22.4 Å². The Labute approximate surface area is 110 Å². The molecule has 1 aromatic rings. The van der Waals surface area contributed by atoms with Gasteiger partial charge >= 0.3 is 0 Å². The van der Waals surface area contributed by atoms with Crippen LogP contribution in [-0.4, -0.2) is 13.1 Å². The summed E-state index contributed by atoms with van der Waals surface area (Å²) >= 11 is 1.91. The highest BCUT2D eigenvalue weighted by Gasteiger charge is 2.28. The Morgan fingerprint density at radius 1 is 1.41 bits per heavy atom. The number of nitrogens with one attached hydrogen (secondary N) is 1. The maximum Gasteiger partial charge on any atom is 0.00926 e. The predicted molar refractivity (Wildman–Crippen MR) is 76.6 cm³/mol. The molecule has 1 nitrogen and oxygen atoms in total. The molecule has 0 aliphatic heterocycles. The zero-order chi connectivity index (χ0) is 12.1. The van der Waals surface area contributed by atoms with Crippen LogP contribution in [-0.2, 0) is 6.42 Å². The third-order valence-electron chi connectivity index (χ3n) is 4.38. The lowest BCUT2D eigenvalue weighted by Gasteiger charge is -2.36. The average molecular weight is 251 g/mol. The molecule has 0 radical (unpaired) electrons. The first-order chi connectivity index (χ1) is 8.33. The molecule has 1 heterocycles. The van der Waals surface area contributed by atoms with Crippen molar-refractivity contribution in [3.63, 3.8) is 0 Å². The van der Waals surface area contributed by atoms with Crippen LogP contribution in [0.1, 0.15) is 43.9 Å². The van der Waals surface area contributed by atoms with Crippen molar-refractivity contribution in [2.24, 2.45) is 11.8 Å². The molecule has 0 saturated heterocycles. The van der Waals surface area contributed by atoms with E-state index in [1.807, 2.05) is 11.3 Å². The summed E-state index contributed by atoms with van der Waals surface area (Å²) in [4.78, 5) is 1.55. The van der Waals surface area contributed by atoms with Crippen LogP contribution in [0.5, 0.6) is 0 Å². The lowest BCUT2D eigenvalue weighted by molar-refractivity contribution is 0.197. The van der Waals surface area contributed by atoms with Gasteiger partial charge in [-0.05, 0) is 62.4 Å². The fourth-order valence-corrected chi connectivity index (χ4v) is 3.94. The average Bonchev–Trinajstić information content (AvgIpc) is 2.89. The van der Waals surface area contributed by atoms with Gasteiger partial charge in [-0.25, -0.2) is 0 Å². The molecule has 3 unspecified atom stereocenters. The number of aryl methyl sites for hydroxylation is 1. The Morgan fingerprint density at radius 2 is 2.29 bits per heavy atom. The SMILES string of the molecule is CCC1CCC(NC)C(CCc2cccs2)C1. The summed E-state index contributed by atoms with van der Waals surface area (Å²) in [7, 11) is 2.13. The van der Waals surface area contributed by atoms with E-state index >= 15 is 0 Å². The summed E-state index contributed by atoms with van der Waals surface area (Å²) in [6, 6.07) is 5.21. The highest BCUT2D eigenvalue weighted by molar-refractivity contribution is 7.09. The molecule has 3 atom stereocenters. The topological polar surface area (TPSA) is 12.0 Å². The van der Waals surface area contributed by atoms with Gasteiger partial charge in [-0.15, -0.1) is 11.3 Å². The lowest BCUT2D eigenvalue weighted by atomic mass is 9.75. The van der Waals surface area contributed by atoms with E-state index in [1.54, 1.807) is 4.88 Å². The molecule has 1 N–H and O–H groups in total. The number of thiophene rings is 1. The number of hydrogen-bond donors (Lipinski definition) is 1. The first-order valence-corrected chi connectivity index (χ1v) is 7.91. The molecular weight excluding hydrogens is 226 g/mol. The summed E-state index contributed by atoms with van der Waals surface area (Å²) in [5.41, 5.74) is 0. The molecule has 1 aliphatic carbocycles. The maximum atomic E-state index is 3.53. The number of rotatable bonds is 5. The van der Waals surface area contributed by atoms with Crippen LogP contribution in [0.15, 0.2) is 17.5 Å². The molecule has 1 fully saturated rings. The third-order valence-corrected chi connectivity index (χ3v) is 5.32. The minimum atomic E-state index is 0.762. The quantitative estimate of drug-likeness (QED) is 0.831. The van der Waals surface area contributed by atoms with Crippen molar-refractivity contribution in [1.29, 1.82) is 0 Å². The van der Waals surface area contributed by atoms with Gasteiger partial charge in [-0.2, -0.15) is 0 Å². The van der Waals surface area contributed by atoms with Gasteiger partial charge in [0.05, 0.1) is 0 Å². The van der Waals surface area contributed by atoms with Gasteiger partial charge in [0.15, 0.2) is 0 Å². The Bertz CT molecular complexity index is 307. The maximum absolute atomic E-state index is 3.53. The van der Waals surface area contributed by atoms with Crippen LogP contribution in [0.25, 0.3) is 0 Å². The Balaban J connectivity index is 1.86. The van der Waals surface area contributed by atoms with Gasteiger partial charge in [0.1, 0.15) is 0 Å². The van der Waals surface area contributed by atoms with Crippen LogP contribution >= 0.6 is 11.3 Å². The predicted octanol–water partition coefficient (Wildman–Crippen LogP) is 4.10. The zero-order valence-electron chi connectivity index (χ0n) is 11.1. The number of hydrogen-bond acceptors (Lipinski definition) is 2. The van der Waals surface area contributed by atoms with E-state index in [4.69, 9.17) is 0 Å². The molecule has 0 bridgehead atoms. The molecule has 2 rings (SSSR count). The summed E-state index contributed by atoms with van der Waals surface area (Å²) in [6.07, 6.45) is 8.25. The Hall–Kier alpha value is -0.340. The zero-order valence-corrected chi connectivity index (χ0v) is 11.9. The highest BCUT2D eigenvalue weighted by Crippen LogP contribution is 2.34. The minimum Gasteiger partial charge on any atom is -0.317 e. The summed E-state index contributed by atoms with van der Waals surface area (Å²) in [5, 5.41) is 5.73. The summed E-state index contributed by atoms with van der Waals surface area (Å²) in [5.74, 6) is 1.87.